The van der Waals surface area contributed by atoms with Gasteiger partial charge in [0.15, 0.2) is 0 Å². The van der Waals surface area contributed by atoms with Crippen molar-refractivity contribution in [2.45, 2.75) is 39.7 Å². The maximum Gasteiger partial charge on any atom is 0.291 e. The highest BCUT2D eigenvalue weighted by atomic mass is 16.5. The standard InChI is InChI=1S/C22H25N5O3/c1-14-16(15(2)30-25-14)10-11-23-20(28)9-6-12-27-19-8-5-4-7-17(19)18-13-24-26(3)22(29)21(18)27/h4-5,7-8,13H,6,9-12H2,1-3H3,(H,23,28). The summed E-state index contributed by atoms with van der Waals surface area (Å²) < 4.78 is 8.50. The first-order valence-corrected chi connectivity index (χ1v) is 10.1. The summed E-state index contributed by atoms with van der Waals surface area (Å²) in [4.78, 5) is 25.0. The van der Waals surface area contributed by atoms with E-state index in [1.165, 1.54) is 4.68 Å². The molecule has 3 heterocycles. The minimum absolute atomic E-state index is 0.00269. The summed E-state index contributed by atoms with van der Waals surface area (Å²) in [6.07, 6.45) is 3.46. The van der Waals surface area contributed by atoms with Gasteiger partial charge in [0.2, 0.25) is 5.91 Å². The summed E-state index contributed by atoms with van der Waals surface area (Å²) in [7, 11) is 1.65. The third-order valence-corrected chi connectivity index (χ3v) is 5.53. The number of carbonyl (C=O) groups is 1. The second-order valence-electron chi connectivity index (χ2n) is 7.51. The molecule has 4 aromatic rings. The van der Waals surface area contributed by atoms with Crippen molar-refractivity contribution in [3.8, 4) is 0 Å². The Kier molecular flexibility index (Phi) is 5.39. The molecule has 4 rings (SSSR count). The van der Waals surface area contributed by atoms with E-state index in [1.54, 1.807) is 13.2 Å². The molecule has 0 aliphatic rings. The van der Waals surface area contributed by atoms with Gasteiger partial charge < -0.3 is 14.4 Å². The molecule has 0 spiro atoms. The summed E-state index contributed by atoms with van der Waals surface area (Å²) in [5.41, 5.74) is 3.39. The molecular formula is C22H25N5O3. The van der Waals surface area contributed by atoms with Crippen LogP contribution in [0.1, 0.15) is 29.9 Å². The molecule has 8 nitrogen and oxygen atoms in total. The van der Waals surface area contributed by atoms with Gasteiger partial charge in [-0.05, 0) is 32.8 Å². The number of hydrogen-bond donors (Lipinski definition) is 1. The quantitative estimate of drug-likeness (QED) is 0.508. The highest BCUT2D eigenvalue weighted by molar-refractivity contribution is 6.07. The second kappa shape index (κ2) is 8.14. The predicted octanol–water partition coefficient (Wildman–Crippen LogP) is 2.63. The van der Waals surface area contributed by atoms with Gasteiger partial charge >= 0.3 is 0 Å². The van der Waals surface area contributed by atoms with Crippen molar-refractivity contribution in [3.63, 3.8) is 0 Å². The minimum atomic E-state index is -0.132. The lowest BCUT2D eigenvalue weighted by Crippen LogP contribution is -2.26. The van der Waals surface area contributed by atoms with Crippen LogP contribution >= 0.6 is 0 Å². The Morgan fingerprint density at radius 1 is 1.20 bits per heavy atom. The minimum Gasteiger partial charge on any atom is -0.361 e. The largest absolute Gasteiger partial charge is 0.361 e. The van der Waals surface area contributed by atoms with Crippen LogP contribution < -0.4 is 10.9 Å². The number of nitrogens with one attached hydrogen (secondary N) is 1. The number of carbonyl (C=O) groups excluding carboxylic acids is 1. The molecule has 156 valence electrons. The van der Waals surface area contributed by atoms with E-state index in [-0.39, 0.29) is 11.5 Å². The fraction of sp³-hybridized carbons (Fsp3) is 0.364. The van der Waals surface area contributed by atoms with Gasteiger partial charge in [-0.2, -0.15) is 5.10 Å². The van der Waals surface area contributed by atoms with Crippen LogP contribution in [0.2, 0.25) is 0 Å². The average Bonchev–Trinajstić information content (AvgIpc) is 3.23. The predicted molar refractivity (Wildman–Crippen MR) is 114 cm³/mol. The van der Waals surface area contributed by atoms with Crippen LogP contribution in [-0.2, 0) is 24.8 Å². The Morgan fingerprint density at radius 3 is 2.77 bits per heavy atom. The zero-order valence-electron chi connectivity index (χ0n) is 17.4. The molecule has 0 aliphatic carbocycles. The van der Waals surface area contributed by atoms with Gasteiger partial charge in [0.25, 0.3) is 5.56 Å². The summed E-state index contributed by atoms with van der Waals surface area (Å²) in [6.45, 7) is 4.91. The van der Waals surface area contributed by atoms with Gasteiger partial charge in [-0.15, -0.1) is 0 Å². The number of aryl methyl sites for hydroxylation is 4. The Morgan fingerprint density at radius 2 is 2.00 bits per heavy atom. The molecule has 30 heavy (non-hydrogen) atoms. The highest BCUT2D eigenvalue weighted by Gasteiger charge is 2.15. The molecule has 1 amide bonds. The van der Waals surface area contributed by atoms with Crippen molar-refractivity contribution in [2.24, 2.45) is 7.05 Å². The Labute approximate surface area is 173 Å². The van der Waals surface area contributed by atoms with Crippen molar-refractivity contribution < 1.29 is 9.32 Å². The Bertz CT molecular complexity index is 1260. The van der Waals surface area contributed by atoms with Crippen LogP contribution in [0.3, 0.4) is 0 Å². The Hall–Kier alpha value is -3.42. The third kappa shape index (κ3) is 3.60. The molecule has 0 atom stereocenters. The first-order valence-electron chi connectivity index (χ1n) is 10.1. The molecule has 0 fully saturated rings. The highest BCUT2D eigenvalue weighted by Crippen LogP contribution is 2.26. The summed E-state index contributed by atoms with van der Waals surface area (Å²) in [5.74, 6) is 0.793. The van der Waals surface area contributed by atoms with Gasteiger partial charge in [-0.3, -0.25) is 9.59 Å². The normalized spacial score (nSPS) is 11.4. The van der Waals surface area contributed by atoms with Gasteiger partial charge in [0.05, 0.1) is 11.9 Å². The van der Waals surface area contributed by atoms with Gasteiger partial charge in [-0.1, -0.05) is 23.4 Å². The lowest BCUT2D eigenvalue weighted by molar-refractivity contribution is -0.121. The van der Waals surface area contributed by atoms with Crippen molar-refractivity contribution >= 4 is 27.7 Å². The van der Waals surface area contributed by atoms with Crippen LogP contribution in [0.4, 0.5) is 0 Å². The van der Waals surface area contributed by atoms with E-state index in [4.69, 9.17) is 4.52 Å². The molecule has 0 aliphatic heterocycles. The van der Waals surface area contributed by atoms with E-state index in [9.17, 15) is 9.59 Å². The van der Waals surface area contributed by atoms with Crippen LogP contribution in [0.5, 0.6) is 0 Å². The topological polar surface area (TPSA) is 94.9 Å². The van der Waals surface area contributed by atoms with Crippen LogP contribution in [0.25, 0.3) is 21.8 Å². The van der Waals surface area contributed by atoms with Gasteiger partial charge in [0.1, 0.15) is 11.3 Å². The Balaban J connectivity index is 1.43. The summed E-state index contributed by atoms with van der Waals surface area (Å²) in [6, 6.07) is 7.90. The van der Waals surface area contributed by atoms with Crippen LogP contribution in [0, 0.1) is 13.8 Å². The van der Waals surface area contributed by atoms with E-state index < -0.39 is 0 Å². The molecule has 0 saturated heterocycles. The molecule has 0 bridgehead atoms. The van der Waals surface area contributed by atoms with Crippen molar-refractivity contribution in [1.29, 1.82) is 0 Å². The monoisotopic (exact) mass is 407 g/mol. The van der Waals surface area contributed by atoms with Crippen LogP contribution in [0.15, 0.2) is 39.8 Å². The zero-order valence-corrected chi connectivity index (χ0v) is 17.4. The molecule has 1 aromatic carbocycles. The van der Waals surface area contributed by atoms with Crippen molar-refractivity contribution in [2.75, 3.05) is 6.54 Å². The first-order chi connectivity index (χ1) is 14.5. The lowest BCUT2D eigenvalue weighted by Gasteiger charge is -2.08. The number of fused-ring (bicyclic) bond motifs is 3. The fourth-order valence-corrected chi connectivity index (χ4v) is 3.95. The molecule has 0 saturated carbocycles. The van der Waals surface area contributed by atoms with Crippen molar-refractivity contribution in [3.05, 3.63) is 57.8 Å². The molecule has 0 unspecified atom stereocenters. The van der Waals surface area contributed by atoms with Crippen LogP contribution in [-0.4, -0.2) is 32.0 Å². The maximum absolute atomic E-state index is 12.7. The SMILES string of the molecule is Cc1noc(C)c1CCNC(=O)CCCn1c2ccccc2c2cnn(C)c(=O)c21. The summed E-state index contributed by atoms with van der Waals surface area (Å²) in [5, 5.41) is 12.9. The maximum atomic E-state index is 12.7. The van der Waals surface area contributed by atoms with E-state index in [2.05, 4.69) is 15.6 Å². The second-order valence-corrected chi connectivity index (χ2v) is 7.51. The fourth-order valence-electron chi connectivity index (χ4n) is 3.95. The van der Waals surface area contributed by atoms with E-state index >= 15 is 0 Å². The number of amides is 1. The molecular weight excluding hydrogens is 382 g/mol. The van der Waals surface area contributed by atoms with E-state index in [1.807, 2.05) is 42.7 Å². The molecule has 3 aromatic heterocycles. The lowest BCUT2D eigenvalue weighted by atomic mass is 10.1. The number of para-hydroxylation sites is 1. The number of aromatic nitrogens is 4. The van der Waals surface area contributed by atoms with Crippen molar-refractivity contribution in [1.82, 2.24) is 24.8 Å². The number of hydrogen-bond acceptors (Lipinski definition) is 5. The summed E-state index contributed by atoms with van der Waals surface area (Å²) >= 11 is 0. The smallest absolute Gasteiger partial charge is 0.291 e. The van der Waals surface area contributed by atoms with Gasteiger partial charge in [0, 0.05) is 48.4 Å². The number of rotatable bonds is 7. The third-order valence-electron chi connectivity index (χ3n) is 5.53. The number of nitrogens with zero attached hydrogens (tertiary/aromatic N) is 4. The molecule has 1 N–H and O–H groups in total. The molecule has 0 radical (unpaired) electrons. The van der Waals surface area contributed by atoms with E-state index in [0.29, 0.717) is 37.9 Å². The first kappa shape index (κ1) is 19.9. The van der Waals surface area contributed by atoms with E-state index in [0.717, 1.165) is 33.3 Å². The zero-order chi connectivity index (χ0) is 21.3. The number of benzene rings is 1. The van der Waals surface area contributed by atoms with Gasteiger partial charge in [-0.25, -0.2) is 4.68 Å². The molecule has 8 heteroatoms. The average molecular weight is 407 g/mol.